The number of rotatable bonds is 5. The van der Waals surface area contributed by atoms with Crippen molar-refractivity contribution in [3.63, 3.8) is 0 Å². The first-order valence-corrected chi connectivity index (χ1v) is 21.1. The van der Waals surface area contributed by atoms with Gasteiger partial charge in [0.2, 0.25) is 5.78 Å². The number of hydrogen-bond donors (Lipinski definition) is 0. The smallest absolute Gasteiger partial charge is 0.220 e. The highest BCUT2D eigenvalue weighted by Gasteiger charge is 2.58. The fourth-order valence-electron chi connectivity index (χ4n) is 9.76. The molecule has 10 rings (SSSR count). The summed E-state index contributed by atoms with van der Waals surface area (Å²) in [6.45, 7) is -12.0. The van der Waals surface area contributed by atoms with Gasteiger partial charge in [-0.1, -0.05) is 175 Å². The zero-order valence-electron chi connectivity index (χ0n) is 43.5. The molecule has 57 heavy (non-hydrogen) atoms. The van der Waals surface area contributed by atoms with Gasteiger partial charge in [-0.3, -0.25) is 8.97 Å². The van der Waals surface area contributed by atoms with E-state index < -0.39 is 51.7 Å². The molecule has 1 aliphatic heterocycles. The number of para-hydroxylation sites is 6. The van der Waals surface area contributed by atoms with E-state index >= 15 is 0 Å². The van der Waals surface area contributed by atoms with Crippen molar-refractivity contribution >= 4 is 56.7 Å². The van der Waals surface area contributed by atoms with Gasteiger partial charge in [0.25, 0.3) is 0 Å². The molecule has 3 heterocycles. The second kappa shape index (κ2) is 12.7. The van der Waals surface area contributed by atoms with Gasteiger partial charge in [0.05, 0.1) is 22.1 Å². The van der Waals surface area contributed by atoms with Crippen molar-refractivity contribution in [3.05, 3.63) is 187 Å². The van der Waals surface area contributed by atoms with Crippen LogP contribution in [0.2, 0.25) is 0 Å². The van der Waals surface area contributed by atoms with Crippen LogP contribution in [0.5, 0.6) is 11.5 Å². The summed E-state index contributed by atoms with van der Waals surface area (Å²) in [4.78, 5) is 5.15. The Labute approximate surface area is 352 Å². The molecule has 0 atom stereocenters. The van der Waals surface area contributed by atoms with Crippen LogP contribution in [0, 0.1) is 10.8 Å². The number of aromatic nitrogens is 3. The molecule has 0 N–H and O–H groups in total. The molecular formula is C52H47N3OSi. The number of imidazole rings is 2. The van der Waals surface area contributed by atoms with Gasteiger partial charge in [0.15, 0.2) is 8.07 Å². The Kier molecular flexibility index (Phi) is 5.44. The van der Waals surface area contributed by atoms with Gasteiger partial charge in [0.1, 0.15) is 11.5 Å². The van der Waals surface area contributed by atoms with Crippen molar-refractivity contribution < 1.29 is 21.2 Å². The molecule has 0 aliphatic carbocycles. The number of nitrogens with zero attached hydrogens (tertiary/aromatic N) is 3. The van der Waals surface area contributed by atoms with E-state index in [4.69, 9.17) is 9.72 Å². The summed E-state index contributed by atoms with van der Waals surface area (Å²) < 4.78 is 122. The quantitative estimate of drug-likeness (QED) is 0.129. The zero-order chi connectivity index (χ0) is 49.2. The van der Waals surface area contributed by atoms with Crippen molar-refractivity contribution in [2.24, 2.45) is 10.8 Å². The normalized spacial score (nSPS) is 18.1. The van der Waals surface area contributed by atoms with Crippen molar-refractivity contribution in [3.8, 4) is 17.2 Å². The average molecular weight is 770 g/mol. The Morgan fingerprint density at radius 2 is 1.12 bits per heavy atom. The summed E-state index contributed by atoms with van der Waals surface area (Å²) in [5.74, 6) is 0.626. The third-order valence-corrected chi connectivity index (χ3v) is 16.7. The maximum atomic E-state index is 9.26. The third kappa shape index (κ3) is 4.88. The second-order valence-electron chi connectivity index (χ2n) is 15.4. The minimum Gasteiger partial charge on any atom is -0.457 e. The van der Waals surface area contributed by atoms with E-state index in [1.807, 2.05) is 127 Å². The van der Waals surface area contributed by atoms with E-state index in [2.05, 4.69) is 21.1 Å². The Hall–Kier alpha value is -6.17. The van der Waals surface area contributed by atoms with Crippen molar-refractivity contribution in [1.29, 1.82) is 0 Å². The monoisotopic (exact) mass is 769 g/mol. The molecule has 2 aromatic heterocycles. The molecule has 0 spiro atoms. The summed E-state index contributed by atoms with van der Waals surface area (Å²) in [6, 6.07) is 54.8. The van der Waals surface area contributed by atoms with E-state index in [1.54, 1.807) is 12.1 Å². The van der Waals surface area contributed by atoms with Crippen LogP contribution in [-0.4, -0.2) is 22.0 Å². The predicted molar refractivity (Wildman–Crippen MR) is 239 cm³/mol. The summed E-state index contributed by atoms with van der Waals surface area (Å²) in [5.41, 5.74) is -4.97. The van der Waals surface area contributed by atoms with Gasteiger partial charge >= 0.3 is 0 Å². The summed E-state index contributed by atoms with van der Waals surface area (Å²) in [5, 5.41) is 3.05. The maximum absolute atomic E-state index is 9.26. The summed E-state index contributed by atoms with van der Waals surface area (Å²) in [7, 11) is -3.90. The van der Waals surface area contributed by atoms with Crippen molar-refractivity contribution in [1.82, 2.24) is 14.0 Å². The Bertz CT molecular complexity index is 3320. The molecule has 280 valence electrons. The largest absolute Gasteiger partial charge is 0.457 e. The topological polar surface area (TPSA) is 31.5 Å². The molecule has 0 saturated carbocycles. The van der Waals surface area contributed by atoms with Crippen LogP contribution < -0.4 is 25.5 Å². The summed E-state index contributed by atoms with van der Waals surface area (Å²) in [6.07, 6.45) is 0. The highest BCUT2D eigenvalue weighted by Crippen LogP contribution is 2.63. The molecular weight excluding hydrogens is 711 g/mol. The zero-order valence-corrected chi connectivity index (χ0v) is 32.5. The predicted octanol–water partition coefficient (Wildman–Crippen LogP) is 10.3. The molecule has 0 amide bonds. The van der Waals surface area contributed by atoms with Crippen LogP contribution in [0.4, 0.5) is 0 Å². The van der Waals surface area contributed by atoms with Crippen LogP contribution in [0.15, 0.2) is 176 Å². The Balaban J connectivity index is 1.40. The molecule has 0 saturated heterocycles. The van der Waals surface area contributed by atoms with E-state index in [0.717, 1.165) is 57.2 Å². The van der Waals surface area contributed by atoms with E-state index in [0.29, 0.717) is 11.0 Å². The van der Waals surface area contributed by atoms with E-state index in [1.165, 1.54) is 24.3 Å². The molecule has 0 fully saturated rings. The van der Waals surface area contributed by atoms with Crippen molar-refractivity contribution in [2.45, 2.75) is 46.7 Å². The van der Waals surface area contributed by atoms with Crippen LogP contribution >= 0.6 is 0 Å². The lowest BCUT2D eigenvalue weighted by atomic mass is 9.48. The van der Waals surface area contributed by atoms with Gasteiger partial charge in [0, 0.05) is 38.7 Å². The summed E-state index contributed by atoms with van der Waals surface area (Å²) >= 11 is 0. The van der Waals surface area contributed by atoms with Gasteiger partial charge in [-0.15, -0.1) is 0 Å². The first-order valence-electron chi connectivity index (χ1n) is 25.1. The first kappa shape index (κ1) is 24.5. The van der Waals surface area contributed by atoms with Gasteiger partial charge in [-0.2, -0.15) is 0 Å². The minimum absolute atomic E-state index is 0.00580. The number of hydrogen-bond acceptors (Lipinski definition) is 2. The maximum Gasteiger partial charge on any atom is 0.220 e. The SMILES string of the molecule is [2H]C([2H])([2H])C(C)(C([2H])([2H])[2H])C1(C(C)(C([2H])([2H])[2H])C([2H])([2H])[2H])c2ccccc2Oc2c1cccc2[Si](c1ccccc1)(c1ccccc1)c1cccc(-n2c3ccccc3n3c4ccccc4nc23)c1. The number of benzene rings is 7. The third-order valence-electron chi connectivity index (χ3n) is 11.9. The highest BCUT2D eigenvalue weighted by atomic mass is 28.3. The second-order valence-corrected chi connectivity index (χ2v) is 19.1. The molecule has 5 heteroatoms. The highest BCUT2D eigenvalue weighted by molar-refractivity contribution is 7.20. The standard InChI is InChI=1S/C52H47N3OSi/c1-50(2,3)52(51(4,5)6)40-27-13-18-33-46(40)56-48-41(52)28-20-34-47(48)57(37-22-9-7-10-23-37,38-24-11-8-12-25-38)39-26-19-21-36(35-39)54-44-31-16-17-32-45(44)55-43-30-15-14-29-42(43)53-49(54)55/h7-35H,1-6H3/i1D3,2D3,4D3,5D3. The minimum atomic E-state index is -3.90. The Morgan fingerprint density at radius 1 is 0.561 bits per heavy atom. The lowest BCUT2D eigenvalue weighted by molar-refractivity contribution is 0.0803. The van der Waals surface area contributed by atoms with Crippen LogP contribution in [0.25, 0.3) is 33.5 Å². The van der Waals surface area contributed by atoms with Crippen LogP contribution in [0.1, 0.15) is 68.8 Å². The molecule has 7 aromatic carbocycles. The lowest BCUT2D eigenvalue weighted by Crippen LogP contribution is -2.75. The fraction of sp³-hybridized carbons (Fsp3) is 0.173. The van der Waals surface area contributed by atoms with Gasteiger partial charge in [-0.05, 0) is 74.0 Å². The molecule has 0 radical (unpaired) electrons. The van der Waals surface area contributed by atoms with Gasteiger partial charge < -0.3 is 4.74 Å². The van der Waals surface area contributed by atoms with Gasteiger partial charge in [-0.25, -0.2) is 4.98 Å². The Morgan fingerprint density at radius 3 is 1.82 bits per heavy atom. The van der Waals surface area contributed by atoms with Crippen molar-refractivity contribution in [2.75, 3.05) is 0 Å². The molecule has 0 bridgehead atoms. The molecule has 1 aliphatic rings. The number of fused-ring (bicyclic) bond motifs is 7. The average Bonchev–Trinajstić information content (AvgIpc) is 3.85. The first-order chi connectivity index (χ1) is 32.6. The van der Waals surface area contributed by atoms with Crippen LogP contribution in [0.3, 0.4) is 0 Å². The van der Waals surface area contributed by atoms with E-state index in [-0.39, 0.29) is 22.6 Å². The van der Waals surface area contributed by atoms with E-state index in [9.17, 15) is 16.4 Å². The lowest BCUT2D eigenvalue weighted by Gasteiger charge is -2.57. The molecule has 4 nitrogen and oxygen atoms in total. The molecule has 9 aromatic rings. The van der Waals surface area contributed by atoms with Crippen LogP contribution in [-0.2, 0) is 5.41 Å². The fourth-order valence-corrected chi connectivity index (χ4v) is 14.7. The number of ether oxygens (including phenoxy) is 1. The molecule has 0 unspecified atom stereocenters.